The maximum atomic E-state index is 8.48. The molecule has 0 saturated carbocycles. The van der Waals surface area contributed by atoms with Crippen molar-refractivity contribution in [2.45, 2.75) is 0 Å². The van der Waals surface area contributed by atoms with Crippen LogP contribution in [0, 0.1) is 0 Å². The number of hydrogen-bond acceptors (Lipinski definition) is 6. The Kier molecular flexibility index (Phi) is 39.5. The molecule has 0 fully saturated rings. The fourth-order valence-corrected chi connectivity index (χ4v) is 0. The van der Waals surface area contributed by atoms with Crippen LogP contribution in [-0.4, -0.2) is 75.5 Å². The first-order valence-corrected chi connectivity index (χ1v) is 3.29. The van der Waals surface area contributed by atoms with Gasteiger partial charge in [0.2, 0.25) is 15.8 Å². The summed E-state index contributed by atoms with van der Waals surface area (Å²) >= 11 is 0. The summed E-state index contributed by atoms with van der Waals surface area (Å²) in [5, 5.41) is 0. The fraction of sp³-hybridized carbons (Fsp3) is 0. The largest absolute Gasteiger partial charge is 2.00 e. The second-order valence-electron chi connectivity index (χ2n) is 0.447. The molecule has 0 N–H and O–H groups in total. The van der Waals surface area contributed by atoms with E-state index in [9.17, 15) is 0 Å². The Morgan fingerprint density at radius 1 is 0.700 bits per heavy atom. The molecule has 0 heterocycles. The molecule has 48 valence electrons. The third-order valence-electron chi connectivity index (χ3n) is 0. The van der Waals surface area contributed by atoms with Gasteiger partial charge < -0.3 is 9.79 Å². The molecule has 0 atom stereocenters. The Morgan fingerprint density at radius 2 is 0.700 bits per heavy atom. The van der Waals surface area contributed by atoms with Crippen molar-refractivity contribution in [2.24, 2.45) is 0 Å². The van der Waals surface area contributed by atoms with Gasteiger partial charge in [0.15, 0.2) is 0 Å². The number of rotatable bonds is 0. The molecule has 10 heavy (non-hydrogen) atoms. The Hall–Kier alpha value is 2.24. The summed E-state index contributed by atoms with van der Waals surface area (Å²) in [6, 6.07) is 0. The minimum Gasteiger partial charge on any atom is -0.744 e. The zero-order chi connectivity index (χ0) is 7.15. The van der Waals surface area contributed by atoms with Crippen LogP contribution >= 0.6 is 15.8 Å². The van der Waals surface area contributed by atoms with Crippen LogP contribution in [0.1, 0.15) is 0 Å². The molecule has 6 nitrogen and oxygen atoms in total. The molecule has 0 saturated heterocycles. The molecule has 0 aliphatic carbocycles. The quantitative estimate of drug-likeness (QED) is 0.360. The van der Waals surface area contributed by atoms with Crippen molar-refractivity contribution in [2.75, 3.05) is 0 Å². The van der Waals surface area contributed by atoms with Crippen molar-refractivity contribution in [3.63, 3.8) is 0 Å². The molecule has 0 radical (unpaired) electrons. The van der Waals surface area contributed by atoms with Crippen molar-refractivity contribution >= 4 is 91.3 Å². The minimum absolute atomic E-state index is 0. The molecular formula is Ca2O6P2+2. The van der Waals surface area contributed by atoms with E-state index < -0.39 is 15.8 Å². The third-order valence-corrected chi connectivity index (χ3v) is 0. The number of hydrogen-bond donors (Lipinski definition) is 0. The van der Waals surface area contributed by atoms with Crippen LogP contribution < -0.4 is 9.79 Å². The Morgan fingerprint density at radius 3 is 0.700 bits per heavy atom. The molecule has 0 aromatic carbocycles. The van der Waals surface area contributed by atoms with Gasteiger partial charge in [0.1, 0.15) is 0 Å². The minimum atomic E-state index is -3.37. The van der Waals surface area contributed by atoms with Crippen molar-refractivity contribution in [1.29, 1.82) is 0 Å². The summed E-state index contributed by atoms with van der Waals surface area (Å²) in [5.41, 5.74) is 0. The molecular weight excluding hydrogens is 238 g/mol. The van der Waals surface area contributed by atoms with Crippen LogP contribution in [-0.2, 0) is 18.3 Å². The second-order valence-corrected chi connectivity index (χ2v) is 1.34. The second kappa shape index (κ2) is 17.4. The normalized spacial score (nSPS) is 5.00. The summed E-state index contributed by atoms with van der Waals surface area (Å²) in [6.07, 6.45) is 0. The molecule has 0 aliphatic heterocycles. The van der Waals surface area contributed by atoms with Gasteiger partial charge >= 0.3 is 75.5 Å². The van der Waals surface area contributed by atoms with E-state index >= 15 is 0 Å². The van der Waals surface area contributed by atoms with Gasteiger partial charge in [0.25, 0.3) is 0 Å². The molecule has 0 amide bonds. The predicted molar refractivity (Wildman–Crippen MR) is 28.1 cm³/mol. The summed E-state index contributed by atoms with van der Waals surface area (Å²) in [6.45, 7) is 0. The van der Waals surface area contributed by atoms with E-state index in [4.69, 9.17) is 28.0 Å². The van der Waals surface area contributed by atoms with E-state index in [1.165, 1.54) is 0 Å². The van der Waals surface area contributed by atoms with Gasteiger partial charge in [-0.15, -0.1) is 0 Å². The van der Waals surface area contributed by atoms with E-state index in [0.717, 1.165) is 0 Å². The van der Waals surface area contributed by atoms with Crippen molar-refractivity contribution < 1.29 is 28.0 Å². The first kappa shape index (κ1) is 22.8. The maximum Gasteiger partial charge on any atom is 2.00 e. The maximum absolute atomic E-state index is 8.48. The molecule has 10 heteroatoms. The van der Waals surface area contributed by atoms with Crippen LogP contribution in [0.2, 0.25) is 0 Å². The van der Waals surface area contributed by atoms with Gasteiger partial charge in [-0.25, -0.2) is 0 Å². The topological polar surface area (TPSA) is 114 Å². The van der Waals surface area contributed by atoms with Crippen LogP contribution in [0.5, 0.6) is 0 Å². The van der Waals surface area contributed by atoms with Crippen LogP contribution in [0.15, 0.2) is 0 Å². The molecule has 0 aromatic heterocycles. The predicted octanol–water partition coefficient (Wildman–Crippen LogP) is -1.89. The summed E-state index contributed by atoms with van der Waals surface area (Å²) in [7, 11) is -6.74. The third kappa shape index (κ3) is 174. The summed E-state index contributed by atoms with van der Waals surface area (Å²) < 4.78 is 33.9. The van der Waals surface area contributed by atoms with Gasteiger partial charge in [0.05, 0.1) is 0 Å². The van der Waals surface area contributed by atoms with Gasteiger partial charge in [-0.05, 0) is 0 Å². The summed E-state index contributed by atoms with van der Waals surface area (Å²) in [5.74, 6) is 0. The first-order valence-electron chi connectivity index (χ1n) is 1.10. The van der Waals surface area contributed by atoms with E-state index in [1.54, 1.807) is 0 Å². The van der Waals surface area contributed by atoms with Gasteiger partial charge in [-0.1, -0.05) is 0 Å². The van der Waals surface area contributed by atoms with E-state index in [1.807, 2.05) is 0 Å². The molecule has 0 unspecified atom stereocenters. The zero-order valence-electron chi connectivity index (χ0n) is 4.76. The average Bonchev–Trinajstić information content (AvgIpc) is 1.25. The molecule has 0 spiro atoms. The van der Waals surface area contributed by atoms with E-state index in [2.05, 4.69) is 0 Å². The first-order chi connectivity index (χ1) is 3.46. The zero-order valence-corrected chi connectivity index (χ0v) is 11.0. The Balaban J connectivity index is -0.0000000300. The monoisotopic (exact) mass is 238 g/mol. The van der Waals surface area contributed by atoms with Gasteiger partial charge in [0, 0.05) is 0 Å². The van der Waals surface area contributed by atoms with E-state index in [0.29, 0.717) is 0 Å². The van der Waals surface area contributed by atoms with Crippen LogP contribution in [0.4, 0.5) is 0 Å². The van der Waals surface area contributed by atoms with Gasteiger partial charge in [-0.3, -0.25) is 18.3 Å². The Bertz CT molecular complexity index is 131. The Labute approximate surface area is 117 Å². The summed E-state index contributed by atoms with van der Waals surface area (Å²) in [4.78, 5) is 17.0. The fourth-order valence-electron chi connectivity index (χ4n) is 0. The molecule has 0 rings (SSSR count). The smallest absolute Gasteiger partial charge is 0.744 e. The molecule has 0 aliphatic rings. The van der Waals surface area contributed by atoms with Crippen molar-refractivity contribution in [3.8, 4) is 0 Å². The van der Waals surface area contributed by atoms with Crippen molar-refractivity contribution in [1.82, 2.24) is 0 Å². The molecule has 0 bridgehead atoms. The molecule has 0 aromatic rings. The van der Waals surface area contributed by atoms with Crippen LogP contribution in [0.3, 0.4) is 0 Å². The van der Waals surface area contributed by atoms with E-state index in [-0.39, 0.29) is 75.5 Å². The van der Waals surface area contributed by atoms with Crippen LogP contribution in [0.25, 0.3) is 0 Å². The average molecular weight is 238 g/mol. The standard InChI is InChI=1S/2Ca.2HO3P/c;;2*1-4(2)3/h;;2*(H,1,2,3)/q2*+2;;/p-2. The van der Waals surface area contributed by atoms with Gasteiger partial charge in [-0.2, -0.15) is 0 Å². The van der Waals surface area contributed by atoms with Crippen molar-refractivity contribution in [3.05, 3.63) is 0 Å². The SMILES string of the molecule is O=P(=O)[O-].O=P(=O)[O-].[Ca+2].[Ca+2].